The molecule has 0 bridgehead atoms. The van der Waals surface area contributed by atoms with Crippen molar-refractivity contribution in [2.75, 3.05) is 0 Å². The van der Waals surface area contributed by atoms with Gasteiger partial charge in [0.25, 0.3) is 0 Å². The van der Waals surface area contributed by atoms with Crippen LogP contribution in [-0.4, -0.2) is 4.57 Å². The van der Waals surface area contributed by atoms with Gasteiger partial charge >= 0.3 is 0 Å². The Labute approximate surface area is 300 Å². The number of fused-ring (bicyclic) bond motifs is 8. The number of benzene rings is 8. The first-order valence-electron chi connectivity index (χ1n) is 17.6. The van der Waals surface area contributed by atoms with E-state index in [0.717, 1.165) is 0 Å². The highest BCUT2D eigenvalue weighted by Gasteiger charge is 2.45. The summed E-state index contributed by atoms with van der Waals surface area (Å²) in [7, 11) is 0. The molecule has 238 valence electrons. The van der Waals surface area contributed by atoms with Crippen molar-refractivity contribution in [2.45, 2.75) is 5.41 Å². The van der Waals surface area contributed by atoms with Crippen molar-refractivity contribution in [3.63, 3.8) is 0 Å². The van der Waals surface area contributed by atoms with Gasteiger partial charge in [-0.25, -0.2) is 0 Å². The molecule has 0 spiro atoms. The average molecular weight is 666 g/mol. The molecular formula is C49H31NS. The molecule has 0 saturated carbocycles. The van der Waals surface area contributed by atoms with Gasteiger partial charge in [-0.1, -0.05) is 170 Å². The van der Waals surface area contributed by atoms with Crippen molar-refractivity contribution < 1.29 is 0 Å². The van der Waals surface area contributed by atoms with Crippen LogP contribution >= 0.6 is 11.3 Å². The molecular weight excluding hydrogens is 635 g/mol. The predicted octanol–water partition coefficient (Wildman–Crippen LogP) is 13.2. The first-order valence-corrected chi connectivity index (χ1v) is 18.4. The number of nitrogens with zero attached hydrogens (tertiary/aromatic N) is 1. The maximum atomic E-state index is 2.49. The Balaban J connectivity index is 1.07. The Kier molecular flexibility index (Phi) is 6.11. The van der Waals surface area contributed by atoms with Crippen LogP contribution in [0.5, 0.6) is 0 Å². The molecule has 1 atom stereocenters. The summed E-state index contributed by atoms with van der Waals surface area (Å²) in [5.41, 5.74) is 13.4. The largest absolute Gasteiger partial charge is 0.309 e. The van der Waals surface area contributed by atoms with Crippen LogP contribution in [0, 0.1) is 0 Å². The third-order valence-corrected chi connectivity index (χ3v) is 12.3. The van der Waals surface area contributed by atoms with Crippen LogP contribution in [0.4, 0.5) is 0 Å². The zero-order valence-electron chi connectivity index (χ0n) is 27.8. The molecule has 3 heterocycles. The van der Waals surface area contributed by atoms with E-state index in [1.165, 1.54) is 92.2 Å². The maximum Gasteiger partial charge on any atom is 0.0742 e. The van der Waals surface area contributed by atoms with E-state index >= 15 is 0 Å². The first kappa shape index (κ1) is 28.6. The molecule has 11 rings (SSSR count). The number of aromatic nitrogens is 1. The van der Waals surface area contributed by atoms with Gasteiger partial charge in [-0.3, -0.25) is 0 Å². The molecule has 8 aromatic carbocycles. The second-order valence-electron chi connectivity index (χ2n) is 13.6. The van der Waals surface area contributed by atoms with E-state index in [4.69, 9.17) is 0 Å². The normalized spacial score (nSPS) is 15.1. The average Bonchev–Trinajstić information content (AvgIpc) is 3.76. The summed E-state index contributed by atoms with van der Waals surface area (Å²) < 4.78 is 5.18. The number of rotatable bonds is 4. The van der Waals surface area contributed by atoms with Crippen molar-refractivity contribution >= 4 is 53.3 Å². The standard InChI is InChI=1S/C49H31NS/c1-2-12-35(13-3-1)49(42-19-6-8-22-45(42)50-44-21-7-4-14-38(44)40-17-11-20-43(49)47(40)50)36-30-28-33(29-31-36)32-24-26-34(27-25-32)37-16-10-18-41-39-15-5-9-23-46(39)51-48(37)41/h1-31H. The molecule has 0 fully saturated rings. The highest BCUT2D eigenvalue weighted by atomic mass is 32.1. The predicted molar refractivity (Wildman–Crippen MR) is 216 cm³/mol. The smallest absolute Gasteiger partial charge is 0.0742 e. The zero-order valence-corrected chi connectivity index (χ0v) is 28.6. The number of hydrogen-bond donors (Lipinski definition) is 0. The Morgan fingerprint density at radius 2 is 0.980 bits per heavy atom. The monoisotopic (exact) mass is 665 g/mol. The number of para-hydroxylation sites is 3. The molecule has 10 aromatic rings. The van der Waals surface area contributed by atoms with Crippen LogP contribution in [0.25, 0.3) is 69.9 Å². The molecule has 0 radical (unpaired) electrons. The molecule has 51 heavy (non-hydrogen) atoms. The molecule has 1 aliphatic rings. The minimum absolute atomic E-state index is 0.493. The van der Waals surface area contributed by atoms with Crippen molar-refractivity contribution in [3.8, 4) is 27.9 Å². The van der Waals surface area contributed by atoms with Gasteiger partial charge in [0.15, 0.2) is 0 Å². The molecule has 0 amide bonds. The molecule has 0 aliphatic carbocycles. The van der Waals surface area contributed by atoms with Crippen molar-refractivity contribution in [1.82, 2.24) is 4.57 Å². The van der Waals surface area contributed by atoms with Crippen molar-refractivity contribution in [2.24, 2.45) is 0 Å². The topological polar surface area (TPSA) is 4.93 Å². The van der Waals surface area contributed by atoms with Crippen molar-refractivity contribution in [1.29, 1.82) is 0 Å². The number of thiophene rings is 1. The molecule has 1 nitrogen and oxygen atoms in total. The third-order valence-electron chi connectivity index (χ3n) is 11.1. The molecule has 0 saturated heterocycles. The molecule has 1 aliphatic heterocycles. The third kappa shape index (κ3) is 3.97. The van der Waals surface area contributed by atoms with Gasteiger partial charge in [0.2, 0.25) is 0 Å². The van der Waals surface area contributed by atoms with Crippen LogP contribution in [0.1, 0.15) is 22.3 Å². The van der Waals surface area contributed by atoms with Gasteiger partial charge in [-0.2, -0.15) is 0 Å². The van der Waals surface area contributed by atoms with E-state index in [-0.39, 0.29) is 0 Å². The second kappa shape index (κ2) is 10.9. The first-order chi connectivity index (χ1) is 25.3. The Morgan fingerprint density at radius 1 is 0.392 bits per heavy atom. The van der Waals surface area contributed by atoms with E-state index in [1.54, 1.807) is 0 Å². The summed E-state index contributed by atoms with van der Waals surface area (Å²) >= 11 is 1.89. The lowest BCUT2D eigenvalue weighted by molar-refractivity contribution is 0.728. The molecule has 0 N–H and O–H groups in total. The number of hydrogen-bond acceptors (Lipinski definition) is 1. The van der Waals surface area contributed by atoms with Gasteiger partial charge < -0.3 is 4.57 Å². The summed E-state index contributed by atoms with van der Waals surface area (Å²) in [6.45, 7) is 0. The SMILES string of the molecule is c1ccc(C2(c3ccc(-c4ccc(-c5cccc6c5sc5ccccc56)cc4)cc3)c3ccccc3-n3c4ccccc4c4cccc2c43)cc1. The zero-order chi connectivity index (χ0) is 33.5. The van der Waals surface area contributed by atoms with E-state index in [2.05, 4.69) is 193 Å². The maximum absolute atomic E-state index is 2.49. The lowest BCUT2D eigenvalue weighted by Crippen LogP contribution is -2.35. The lowest BCUT2D eigenvalue weighted by Gasteiger charge is -2.41. The molecule has 2 aromatic heterocycles. The van der Waals surface area contributed by atoms with E-state index in [1.807, 2.05) is 11.3 Å². The Hall–Kier alpha value is -6.22. The van der Waals surface area contributed by atoms with E-state index in [9.17, 15) is 0 Å². The Bertz CT molecular complexity index is 2950. The van der Waals surface area contributed by atoms with Gasteiger partial charge in [0.05, 0.1) is 22.1 Å². The van der Waals surface area contributed by atoms with Crippen LogP contribution in [0.3, 0.4) is 0 Å². The van der Waals surface area contributed by atoms with Crippen molar-refractivity contribution in [3.05, 3.63) is 210 Å². The van der Waals surface area contributed by atoms with Gasteiger partial charge in [-0.05, 0) is 62.7 Å². The van der Waals surface area contributed by atoms with Gasteiger partial charge in [-0.15, -0.1) is 11.3 Å². The minimum atomic E-state index is -0.493. The molecule has 2 heteroatoms. The van der Waals surface area contributed by atoms with Gasteiger partial charge in [0, 0.05) is 30.9 Å². The van der Waals surface area contributed by atoms with Crippen LogP contribution < -0.4 is 0 Å². The Morgan fingerprint density at radius 3 is 1.82 bits per heavy atom. The quantitative estimate of drug-likeness (QED) is 0.176. The highest BCUT2D eigenvalue weighted by molar-refractivity contribution is 7.26. The summed E-state index contributed by atoms with van der Waals surface area (Å²) in [5, 5.41) is 5.25. The van der Waals surface area contributed by atoms with Crippen LogP contribution in [0.15, 0.2) is 188 Å². The summed E-state index contributed by atoms with van der Waals surface area (Å²) in [6, 6.07) is 69.7. The summed E-state index contributed by atoms with van der Waals surface area (Å²) in [5.74, 6) is 0. The van der Waals surface area contributed by atoms with Gasteiger partial charge in [0.1, 0.15) is 0 Å². The van der Waals surface area contributed by atoms with Crippen LogP contribution in [-0.2, 0) is 5.41 Å². The second-order valence-corrected chi connectivity index (χ2v) is 14.7. The van der Waals surface area contributed by atoms with E-state index in [0.29, 0.717) is 0 Å². The fourth-order valence-electron chi connectivity index (χ4n) is 8.91. The lowest BCUT2D eigenvalue weighted by atomic mass is 9.63. The summed E-state index contributed by atoms with van der Waals surface area (Å²) in [4.78, 5) is 0. The molecule has 1 unspecified atom stereocenters. The minimum Gasteiger partial charge on any atom is -0.309 e. The fourth-order valence-corrected chi connectivity index (χ4v) is 10.1. The fraction of sp³-hybridized carbons (Fsp3) is 0.0204. The van der Waals surface area contributed by atoms with E-state index < -0.39 is 5.41 Å². The highest BCUT2D eigenvalue weighted by Crippen LogP contribution is 2.54. The summed E-state index contributed by atoms with van der Waals surface area (Å²) in [6.07, 6.45) is 0. The van der Waals surface area contributed by atoms with Crippen LogP contribution in [0.2, 0.25) is 0 Å².